The van der Waals surface area contributed by atoms with Crippen molar-refractivity contribution in [1.29, 1.82) is 0 Å². The smallest absolute Gasteiger partial charge is 0.318 e. The molecule has 0 spiro atoms. The predicted octanol–water partition coefficient (Wildman–Crippen LogP) is 4.59. The Labute approximate surface area is 158 Å². The molecular formula is C20H23ClFN3O. The number of carbonyl (C=O) groups is 1. The van der Waals surface area contributed by atoms with Crippen molar-refractivity contribution in [2.75, 3.05) is 25.5 Å². The molecule has 4 nitrogen and oxygen atoms in total. The van der Waals surface area contributed by atoms with Crippen LogP contribution in [0.5, 0.6) is 0 Å². The van der Waals surface area contributed by atoms with Crippen molar-refractivity contribution in [3.63, 3.8) is 0 Å². The third kappa shape index (κ3) is 3.93. The molecular weight excluding hydrogens is 353 g/mol. The van der Waals surface area contributed by atoms with Crippen molar-refractivity contribution in [3.05, 3.63) is 64.4 Å². The van der Waals surface area contributed by atoms with Crippen LogP contribution in [0.1, 0.15) is 30.0 Å². The van der Waals surface area contributed by atoms with Gasteiger partial charge in [0.15, 0.2) is 0 Å². The molecule has 2 amide bonds. The number of anilines is 1. The van der Waals surface area contributed by atoms with Gasteiger partial charge in [0.1, 0.15) is 5.82 Å². The second-order valence-electron chi connectivity index (χ2n) is 6.71. The SMILES string of the molecule is CN(C)c1ccc(CNC(=O)N2CCCC2c2ccccc2Cl)cc1F. The van der Waals surface area contributed by atoms with Crippen LogP contribution in [0.4, 0.5) is 14.9 Å². The van der Waals surface area contributed by atoms with E-state index < -0.39 is 0 Å². The Morgan fingerprint density at radius 2 is 2.08 bits per heavy atom. The lowest BCUT2D eigenvalue weighted by molar-refractivity contribution is 0.192. The molecule has 1 unspecified atom stereocenters. The summed E-state index contributed by atoms with van der Waals surface area (Å²) in [5.41, 5.74) is 2.23. The van der Waals surface area contributed by atoms with Crippen molar-refractivity contribution >= 4 is 23.3 Å². The van der Waals surface area contributed by atoms with Gasteiger partial charge < -0.3 is 15.1 Å². The Balaban J connectivity index is 1.66. The van der Waals surface area contributed by atoms with Gasteiger partial charge in [0, 0.05) is 32.2 Å². The maximum absolute atomic E-state index is 14.1. The summed E-state index contributed by atoms with van der Waals surface area (Å²) in [5, 5.41) is 3.58. The highest BCUT2D eigenvalue weighted by Gasteiger charge is 2.30. The first-order valence-electron chi connectivity index (χ1n) is 8.72. The zero-order valence-electron chi connectivity index (χ0n) is 15.0. The summed E-state index contributed by atoms with van der Waals surface area (Å²) in [7, 11) is 3.59. The van der Waals surface area contributed by atoms with E-state index in [1.807, 2.05) is 35.2 Å². The molecule has 6 heteroatoms. The third-order valence-electron chi connectivity index (χ3n) is 4.72. The zero-order chi connectivity index (χ0) is 18.7. The van der Waals surface area contributed by atoms with E-state index in [0.29, 0.717) is 17.3 Å². The molecule has 1 heterocycles. The number of hydrogen-bond donors (Lipinski definition) is 1. The van der Waals surface area contributed by atoms with Crippen LogP contribution in [0.3, 0.4) is 0 Å². The summed E-state index contributed by atoms with van der Waals surface area (Å²) >= 11 is 6.30. The monoisotopic (exact) mass is 375 g/mol. The first kappa shape index (κ1) is 18.5. The molecule has 0 aromatic heterocycles. The number of urea groups is 1. The predicted molar refractivity (Wildman–Crippen MR) is 103 cm³/mol. The Morgan fingerprint density at radius 1 is 1.31 bits per heavy atom. The average Bonchev–Trinajstić information content (AvgIpc) is 3.09. The standard InChI is InChI=1S/C20H23ClFN3O/c1-24(2)19-10-9-14(12-17(19)22)13-23-20(26)25-11-5-8-18(25)15-6-3-4-7-16(15)21/h3-4,6-7,9-10,12,18H,5,8,11,13H2,1-2H3,(H,23,26). The summed E-state index contributed by atoms with van der Waals surface area (Å²) in [4.78, 5) is 16.2. The van der Waals surface area contributed by atoms with Crippen LogP contribution in [-0.4, -0.2) is 31.6 Å². The molecule has 0 saturated carbocycles. The van der Waals surface area contributed by atoms with Crippen LogP contribution in [-0.2, 0) is 6.54 Å². The van der Waals surface area contributed by atoms with Gasteiger partial charge in [-0.25, -0.2) is 9.18 Å². The Kier molecular flexibility index (Phi) is 5.67. The molecule has 1 saturated heterocycles. The van der Waals surface area contributed by atoms with Crippen LogP contribution in [0.2, 0.25) is 5.02 Å². The molecule has 1 aliphatic heterocycles. The van der Waals surface area contributed by atoms with Crippen molar-refractivity contribution in [3.8, 4) is 0 Å². The lowest BCUT2D eigenvalue weighted by Crippen LogP contribution is -2.39. The molecule has 1 aliphatic rings. The van der Waals surface area contributed by atoms with Gasteiger partial charge in [0.05, 0.1) is 11.7 Å². The Morgan fingerprint density at radius 3 is 2.77 bits per heavy atom. The van der Waals surface area contributed by atoms with E-state index >= 15 is 0 Å². The molecule has 1 atom stereocenters. The largest absolute Gasteiger partial charge is 0.375 e. The first-order valence-corrected chi connectivity index (χ1v) is 9.10. The Bertz CT molecular complexity index is 796. The molecule has 2 aromatic rings. The average molecular weight is 376 g/mol. The third-order valence-corrected chi connectivity index (χ3v) is 5.06. The molecule has 138 valence electrons. The number of nitrogens with one attached hydrogen (secondary N) is 1. The van der Waals surface area contributed by atoms with E-state index in [-0.39, 0.29) is 24.4 Å². The van der Waals surface area contributed by atoms with Crippen LogP contribution in [0.15, 0.2) is 42.5 Å². The minimum atomic E-state index is -0.295. The van der Waals surface area contributed by atoms with Crippen molar-refractivity contribution in [2.45, 2.75) is 25.4 Å². The normalized spacial score (nSPS) is 16.6. The van der Waals surface area contributed by atoms with Gasteiger partial charge in [-0.1, -0.05) is 35.9 Å². The van der Waals surface area contributed by atoms with Crippen LogP contribution in [0, 0.1) is 5.82 Å². The number of hydrogen-bond acceptors (Lipinski definition) is 2. The van der Waals surface area contributed by atoms with Gasteiger partial charge in [-0.15, -0.1) is 0 Å². The van der Waals surface area contributed by atoms with Gasteiger partial charge in [-0.2, -0.15) is 0 Å². The van der Waals surface area contributed by atoms with Gasteiger partial charge >= 0.3 is 6.03 Å². The second-order valence-corrected chi connectivity index (χ2v) is 7.12. The van der Waals surface area contributed by atoms with Crippen molar-refractivity contribution in [1.82, 2.24) is 10.2 Å². The fourth-order valence-electron chi connectivity index (χ4n) is 3.38. The minimum Gasteiger partial charge on any atom is -0.375 e. The molecule has 1 fully saturated rings. The second kappa shape index (κ2) is 7.96. The quantitative estimate of drug-likeness (QED) is 0.848. The summed E-state index contributed by atoms with van der Waals surface area (Å²) in [5.74, 6) is -0.295. The maximum atomic E-state index is 14.1. The molecule has 2 aromatic carbocycles. The minimum absolute atomic E-state index is 0.0171. The van der Waals surface area contributed by atoms with E-state index in [4.69, 9.17) is 11.6 Å². The number of nitrogens with zero attached hydrogens (tertiary/aromatic N) is 2. The van der Waals surface area contributed by atoms with Crippen LogP contribution >= 0.6 is 11.6 Å². The van der Waals surface area contributed by atoms with E-state index in [9.17, 15) is 9.18 Å². The highest BCUT2D eigenvalue weighted by molar-refractivity contribution is 6.31. The molecule has 0 bridgehead atoms. The number of carbonyl (C=O) groups excluding carboxylic acids is 1. The Hall–Kier alpha value is -2.27. The van der Waals surface area contributed by atoms with Crippen LogP contribution < -0.4 is 10.2 Å². The number of benzene rings is 2. The summed E-state index contributed by atoms with van der Waals surface area (Å²) in [6.07, 6.45) is 1.83. The van der Waals surface area contributed by atoms with Gasteiger partial charge in [-0.05, 0) is 42.2 Å². The molecule has 26 heavy (non-hydrogen) atoms. The zero-order valence-corrected chi connectivity index (χ0v) is 15.8. The van der Waals surface area contributed by atoms with Crippen molar-refractivity contribution in [2.24, 2.45) is 0 Å². The number of likely N-dealkylation sites (tertiary alicyclic amines) is 1. The van der Waals surface area contributed by atoms with Gasteiger partial charge in [0.25, 0.3) is 0 Å². The molecule has 3 rings (SSSR count). The molecule has 1 N–H and O–H groups in total. The molecule has 0 aliphatic carbocycles. The summed E-state index contributed by atoms with van der Waals surface area (Å²) < 4.78 is 14.1. The fourth-order valence-corrected chi connectivity index (χ4v) is 3.64. The van der Waals surface area contributed by atoms with Crippen molar-refractivity contribution < 1.29 is 9.18 Å². The lowest BCUT2D eigenvalue weighted by atomic mass is 10.0. The first-order chi connectivity index (χ1) is 12.5. The number of rotatable bonds is 4. The number of halogens is 2. The lowest BCUT2D eigenvalue weighted by Gasteiger charge is -2.26. The van der Waals surface area contributed by atoms with E-state index in [0.717, 1.165) is 24.0 Å². The van der Waals surface area contributed by atoms with E-state index in [1.165, 1.54) is 6.07 Å². The van der Waals surface area contributed by atoms with Gasteiger partial charge in [-0.3, -0.25) is 0 Å². The highest BCUT2D eigenvalue weighted by atomic mass is 35.5. The molecule has 0 radical (unpaired) electrons. The summed E-state index contributed by atoms with van der Waals surface area (Å²) in [6, 6.07) is 12.5. The topological polar surface area (TPSA) is 35.6 Å². The fraction of sp³-hybridized carbons (Fsp3) is 0.350. The van der Waals surface area contributed by atoms with Gasteiger partial charge in [0.2, 0.25) is 0 Å². The number of amides is 2. The maximum Gasteiger partial charge on any atom is 0.318 e. The van der Waals surface area contributed by atoms with Crippen LogP contribution in [0.25, 0.3) is 0 Å². The summed E-state index contributed by atoms with van der Waals surface area (Å²) in [6.45, 7) is 0.977. The van der Waals surface area contributed by atoms with E-state index in [2.05, 4.69) is 5.32 Å². The van der Waals surface area contributed by atoms with E-state index in [1.54, 1.807) is 25.1 Å². The highest BCUT2D eigenvalue weighted by Crippen LogP contribution is 2.35.